The van der Waals surface area contributed by atoms with Crippen molar-refractivity contribution in [1.82, 2.24) is 5.32 Å². The number of nitrogens with zero attached hydrogens (tertiary/aromatic N) is 1. The van der Waals surface area contributed by atoms with Gasteiger partial charge < -0.3 is 20.3 Å². The van der Waals surface area contributed by atoms with Gasteiger partial charge in [0.2, 0.25) is 0 Å². The van der Waals surface area contributed by atoms with Gasteiger partial charge in [0.25, 0.3) is 0 Å². The lowest BCUT2D eigenvalue weighted by atomic mass is 10.1. The van der Waals surface area contributed by atoms with Crippen LogP contribution in [-0.4, -0.2) is 41.8 Å². The zero-order valence-electron chi connectivity index (χ0n) is 16.4. The molecule has 7 nitrogen and oxygen atoms in total. The van der Waals surface area contributed by atoms with E-state index < -0.39 is 11.9 Å². The summed E-state index contributed by atoms with van der Waals surface area (Å²) in [5, 5.41) is 28.5. The Hall–Kier alpha value is -3.34. The number of benzene rings is 2. The maximum absolute atomic E-state index is 9.55. The zero-order valence-corrected chi connectivity index (χ0v) is 17.2. The van der Waals surface area contributed by atoms with Gasteiger partial charge in [0, 0.05) is 29.7 Å². The predicted octanol–water partition coefficient (Wildman–Crippen LogP) is 3.52. The van der Waals surface area contributed by atoms with Gasteiger partial charge in [-0.15, -0.1) is 0 Å². The number of carboxylic acid groups (broad SMARTS) is 2. The number of ether oxygens (including phenoxy) is 1. The van der Waals surface area contributed by atoms with Gasteiger partial charge in [-0.3, -0.25) is 0 Å². The van der Waals surface area contributed by atoms with Crippen molar-refractivity contribution in [3.05, 3.63) is 76.8 Å². The minimum absolute atomic E-state index is 0.0135. The molecule has 30 heavy (non-hydrogen) atoms. The van der Waals surface area contributed by atoms with Crippen LogP contribution in [0.4, 0.5) is 0 Å². The molecule has 0 saturated heterocycles. The Balaban J connectivity index is 0.000000479. The summed E-state index contributed by atoms with van der Waals surface area (Å²) in [7, 11) is 1.92. The van der Waals surface area contributed by atoms with Gasteiger partial charge in [-0.05, 0) is 37.7 Å². The summed E-state index contributed by atoms with van der Waals surface area (Å²) < 4.78 is 6.08. The van der Waals surface area contributed by atoms with Gasteiger partial charge in [0.1, 0.15) is 17.9 Å². The number of aliphatic carboxylic acids is 2. The molecule has 0 aliphatic carbocycles. The number of halogens is 1. The number of rotatable bonds is 9. The van der Waals surface area contributed by atoms with E-state index in [4.69, 9.17) is 26.6 Å². The SMILES string of the molecule is CNCCC(Cc1ccccc1)Oc1cc(Cl)ccc1C#N.O=C(O)/C=C/C(=O)O. The van der Waals surface area contributed by atoms with E-state index in [9.17, 15) is 14.9 Å². The first kappa shape index (κ1) is 24.7. The van der Waals surface area contributed by atoms with Gasteiger partial charge in [-0.2, -0.15) is 5.26 Å². The van der Waals surface area contributed by atoms with E-state index in [1.54, 1.807) is 18.2 Å². The number of carbonyl (C=O) groups is 2. The first-order chi connectivity index (χ1) is 14.3. The average molecular weight is 431 g/mol. The molecule has 1 unspecified atom stereocenters. The van der Waals surface area contributed by atoms with E-state index in [1.807, 2.05) is 25.2 Å². The van der Waals surface area contributed by atoms with Crippen LogP contribution >= 0.6 is 11.6 Å². The molecule has 0 radical (unpaired) electrons. The third kappa shape index (κ3) is 10.3. The van der Waals surface area contributed by atoms with E-state index in [1.165, 1.54) is 5.56 Å². The molecular formula is C22H23ClN2O5. The van der Waals surface area contributed by atoms with Crippen LogP contribution in [0.2, 0.25) is 5.02 Å². The van der Waals surface area contributed by atoms with Crippen molar-refractivity contribution in [2.75, 3.05) is 13.6 Å². The monoisotopic (exact) mass is 430 g/mol. The number of nitrogens with one attached hydrogen (secondary N) is 1. The molecule has 3 N–H and O–H groups in total. The molecule has 2 aromatic rings. The van der Waals surface area contributed by atoms with Crippen LogP contribution in [0.25, 0.3) is 0 Å². The summed E-state index contributed by atoms with van der Waals surface area (Å²) in [6.45, 7) is 0.847. The van der Waals surface area contributed by atoms with Crippen molar-refractivity contribution in [1.29, 1.82) is 5.26 Å². The van der Waals surface area contributed by atoms with Crippen LogP contribution in [0, 0.1) is 11.3 Å². The summed E-state index contributed by atoms with van der Waals surface area (Å²) in [4.78, 5) is 19.1. The molecule has 0 fully saturated rings. The molecule has 8 heteroatoms. The van der Waals surface area contributed by atoms with Gasteiger partial charge in [0.15, 0.2) is 0 Å². The highest BCUT2D eigenvalue weighted by Gasteiger charge is 2.14. The summed E-state index contributed by atoms with van der Waals surface area (Å²) in [6, 6.07) is 17.4. The summed E-state index contributed by atoms with van der Waals surface area (Å²) in [5.74, 6) is -1.97. The van der Waals surface area contributed by atoms with E-state index in [-0.39, 0.29) is 6.10 Å². The van der Waals surface area contributed by atoms with Crippen LogP contribution in [0.15, 0.2) is 60.7 Å². The Kier molecular flexibility index (Phi) is 11.3. The zero-order chi connectivity index (χ0) is 22.4. The maximum atomic E-state index is 9.55. The highest BCUT2D eigenvalue weighted by Crippen LogP contribution is 2.25. The Labute approximate surface area is 180 Å². The number of carboxylic acids is 2. The molecule has 1 atom stereocenters. The van der Waals surface area contributed by atoms with E-state index in [0.717, 1.165) is 19.4 Å². The van der Waals surface area contributed by atoms with Crippen LogP contribution in [0.5, 0.6) is 5.75 Å². The first-order valence-corrected chi connectivity index (χ1v) is 9.42. The molecule has 0 saturated carbocycles. The second-order valence-corrected chi connectivity index (χ2v) is 6.52. The minimum Gasteiger partial charge on any atom is -0.489 e. The Morgan fingerprint density at radius 3 is 2.33 bits per heavy atom. The van der Waals surface area contributed by atoms with Crippen molar-refractivity contribution in [2.24, 2.45) is 0 Å². The smallest absolute Gasteiger partial charge is 0.328 e. The highest BCUT2D eigenvalue weighted by atomic mass is 35.5. The largest absolute Gasteiger partial charge is 0.489 e. The van der Waals surface area contributed by atoms with Gasteiger partial charge in [-0.25, -0.2) is 9.59 Å². The van der Waals surface area contributed by atoms with E-state index >= 15 is 0 Å². The summed E-state index contributed by atoms with van der Waals surface area (Å²) >= 11 is 6.02. The Bertz CT molecular complexity index is 878. The Morgan fingerprint density at radius 2 is 1.80 bits per heavy atom. The fourth-order valence-electron chi connectivity index (χ4n) is 2.39. The molecule has 2 aromatic carbocycles. The minimum atomic E-state index is -1.26. The second-order valence-electron chi connectivity index (χ2n) is 6.08. The summed E-state index contributed by atoms with van der Waals surface area (Å²) in [5.41, 5.74) is 1.72. The molecule has 158 valence electrons. The molecule has 0 aliphatic rings. The fraction of sp³-hybridized carbons (Fsp3) is 0.227. The first-order valence-electron chi connectivity index (χ1n) is 9.04. The average Bonchev–Trinajstić information content (AvgIpc) is 2.72. The molecule has 2 rings (SSSR count). The molecule has 0 spiro atoms. The molecular weight excluding hydrogens is 408 g/mol. The van der Waals surface area contributed by atoms with Gasteiger partial charge in [-0.1, -0.05) is 41.9 Å². The lowest BCUT2D eigenvalue weighted by Gasteiger charge is -2.20. The second kappa shape index (κ2) is 13.8. The quantitative estimate of drug-likeness (QED) is 0.520. The Morgan fingerprint density at radius 1 is 1.17 bits per heavy atom. The standard InChI is InChI=1S/C18H19ClN2O.C4H4O4/c1-21-10-9-17(11-14-5-3-2-4-6-14)22-18-12-16(19)8-7-15(18)13-20;5-3(6)1-2-4(7)8/h2-8,12,17,21H,9-11H2,1H3;1-2H,(H,5,6)(H,7,8)/b;2-1+. The molecule has 0 heterocycles. The third-order valence-electron chi connectivity index (χ3n) is 3.75. The number of nitriles is 1. The van der Waals surface area contributed by atoms with Crippen molar-refractivity contribution in [3.63, 3.8) is 0 Å². The lowest BCUT2D eigenvalue weighted by Crippen LogP contribution is -2.25. The van der Waals surface area contributed by atoms with E-state index in [2.05, 4.69) is 23.5 Å². The lowest BCUT2D eigenvalue weighted by molar-refractivity contribution is -0.134. The molecule has 0 amide bonds. The van der Waals surface area contributed by atoms with Crippen molar-refractivity contribution >= 4 is 23.5 Å². The molecule has 0 aromatic heterocycles. The van der Waals surface area contributed by atoms with Gasteiger partial charge in [0.05, 0.1) is 5.56 Å². The van der Waals surface area contributed by atoms with Crippen LogP contribution in [0.3, 0.4) is 0 Å². The van der Waals surface area contributed by atoms with Crippen LogP contribution in [-0.2, 0) is 16.0 Å². The fourth-order valence-corrected chi connectivity index (χ4v) is 2.56. The third-order valence-corrected chi connectivity index (χ3v) is 3.98. The predicted molar refractivity (Wildman–Crippen MR) is 114 cm³/mol. The topological polar surface area (TPSA) is 120 Å². The maximum Gasteiger partial charge on any atom is 0.328 e. The summed E-state index contributed by atoms with van der Waals surface area (Å²) in [6.07, 6.45) is 2.74. The number of hydrogen-bond acceptors (Lipinski definition) is 5. The molecule has 0 bridgehead atoms. The van der Waals surface area contributed by atoms with Crippen molar-refractivity contribution in [3.8, 4) is 11.8 Å². The highest BCUT2D eigenvalue weighted by molar-refractivity contribution is 6.30. The molecule has 0 aliphatic heterocycles. The van der Waals surface area contributed by atoms with Crippen LogP contribution in [0.1, 0.15) is 17.5 Å². The van der Waals surface area contributed by atoms with Crippen LogP contribution < -0.4 is 10.1 Å². The normalized spacial score (nSPS) is 11.1. The van der Waals surface area contributed by atoms with E-state index in [0.29, 0.717) is 28.5 Å². The van der Waals surface area contributed by atoms with Crippen molar-refractivity contribution < 1.29 is 24.5 Å². The van der Waals surface area contributed by atoms with Gasteiger partial charge >= 0.3 is 11.9 Å². The number of hydrogen-bond donors (Lipinski definition) is 3. The van der Waals surface area contributed by atoms with Crippen molar-refractivity contribution in [2.45, 2.75) is 18.9 Å².